The van der Waals surface area contributed by atoms with Crippen LogP contribution in [0.2, 0.25) is 0 Å². The largest absolute Gasteiger partial charge is 0.392 e. The van der Waals surface area contributed by atoms with Crippen molar-refractivity contribution in [2.24, 2.45) is 5.73 Å². The second-order valence-electron chi connectivity index (χ2n) is 3.04. The highest BCUT2D eigenvalue weighted by Crippen LogP contribution is 2.04. The summed E-state index contributed by atoms with van der Waals surface area (Å²) in [5.74, 6) is -0.299. The molecule has 1 atom stereocenters. The zero-order valence-corrected chi connectivity index (χ0v) is 10.2. The van der Waals surface area contributed by atoms with Gasteiger partial charge < -0.3 is 10.5 Å². The third-order valence-corrected chi connectivity index (χ3v) is 4.03. The van der Waals surface area contributed by atoms with Crippen LogP contribution in [0.5, 0.6) is 0 Å². The number of hydrogen-bond donors (Lipinski definition) is 1. The highest BCUT2D eigenvalue weighted by Gasteiger charge is 2.23. The van der Waals surface area contributed by atoms with Crippen molar-refractivity contribution >= 4 is 27.2 Å². The van der Waals surface area contributed by atoms with Crippen molar-refractivity contribution < 1.29 is 13.2 Å². The second-order valence-corrected chi connectivity index (χ2v) is 5.60. The van der Waals surface area contributed by atoms with Crippen molar-refractivity contribution in [1.29, 1.82) is 0 Å². The lowest BCUT2D eigenvalue weighted by molar-refractivity contribution is 0.149. The van der Waals surface area contributed by atoms with Crippen LogP contribution in [0.1, 0.15) is 6.92 Å². The molecule has 0 aromatic rings. The molecule has 0 aromatic carbocycles. The van der Waals surface area contributed by atoms with E-state index in [1.54, 1.807) is 6.92 Å². The van der Waals surface area contributed by atoms with E-state index in [1.165, 1.54) is 18.5 Å². The molecule has 0 amide bonds. The zero-order valence-electron chi connectivity index (χ0n) is 8.56. The van der Waals surface area contributed by atoms with Crippen molar-refractivity contribution in [3.63, 3.8) is 0 Å². The minimum Gasteiger partial charge on any atom is -0.392 e. The first-order valence-electron chi connectivity index (χ1n) is 4.04. The lowest BCUT2D eigenvalue weighted by atomic mass is 10.4. The van der Waals surface area contributed by atoms with Gasteiger partial charge in [0.1, 0.15) is 5.75 Å². The average Bonchev–Trinajstić information content (AvgIpc) is 2.01. The van der Waals surface area contributed by atoms with E-state index in [0.29, 0.717) is 6.61 Å². The summed E-state index contributed by atoms with van der Waals surface area (Å²) in [4.78, 5) is -0.0264. The van der Waals surface area contributed by atoms with Gasteiger partial charge in [-0.2, -0.15) is 4.31 Å². The van der Waals surface area contributed by atoms with Crippen LogP contribution in [-0.2, 0) is 14.8 Å². The molecule has 14 heavy (non-hydrogen) atoms. The summed E-state index contributed by atoms with van der Waals surface area (Å²) in [6.07, 6.45) is 0. The predicted octanol–water partition coefficient (Wildman–Crippen LogP) is -0.431. The summed E-state index contributed by atoms with van der Waals surface area (Å²) < 4.78 is 29.2. The molecule has 0 bridgehead atoms. The first-order valence-corrected chi connectivity index (χ1v) is 6.06. The van der Waals surface area contributed by atoms with E-state index in [9.17, 15) is 8.42 Å². The number of ether oxygens (including phenoxy) is 1. The minimum absolute atomic E-state index is 0.0264. The molecule has 84 valence electrons. The van der Waals surface area contributed by atoms with Crippen molar-refractivity contribution in [3.8, 4) is 0 Å². The van der Waals surface area contributed by atoms with Crippen LogP contribution in [0, 0.1) is 0 Å². The van der Waals surface area contributed by atoms with E-state index in [-0.39, 0.29) is 16.8 Å². The molecule has 0 aliphatic carbocycles. The minimum atomic E-state index is -3.39. The van der Waals surface area contributed by atoms with Crippen LogP contribution in [0.25, 0.3) is 0 Å². The molecule has 0 rings (SSSR count). The number of nitrogens with two attached hydrogens (primary N) is 1. The van der Waals surface area contributed by atoms with E-state index in [0.717, 1.165) is 0 Å². The monoisotopic (exact) mass is 240 g/mol. The van der Waals surface area contributed by atoms with Crippen LogP contribution in [0.4, 0.5) is 0 Å². The Bertz CT molecular complexity index is 289. The fourth-order valence-electron chi connectivity index (χ4n) is 0.902. The molecule has 0 saturated heterocycles. The Hall–Kier alpha value is -0.240. The Labute approximate surface area is 90.3 Å². The third-order valence-electron chi connectivity index (χ3n) is 1.79. The number of hydrogen-bond acceptors (Lipinski definition) is 4. The smallest absolute Gasteiger partial charge is 0.220 e. The standard InChI is InChI=1S/C7H16N2O3S2/c1-6(4-12-3)9(2)14(10,11)5-7(8)13/h6H,4-5H2,1-3H3,(H2,8,13). The number of likely N-dealkylation sites (N-methyl/N-ethyl adjacent to an activating group) is 1. The summed E-state index contributed by atoms with van der Waals surface area (Å²) >= 11 is 4.55. The van der Waals surface area contributed by atoms with Gasteiger partial charge >= 0.3 is 0 Å². The van der Waals surface area contributed by atoms with Gasteiger partial charge in [-0.1, -0.05) is 12.2 Å². The number of sulfonamides is 1. The SMILES string of the molecule is COCC(C)N(C)S(=O)(=O)CC(N)=S. The summed E-state index contributed by atoms with van der Waals surface area (Å²) in [6, 6.07) is -0.223. The Morgan fingerprint density at radius 2 is 2.14 bits per heavy atom. The van der Waals surface area contributed by atoms with Crippen LogP contribution in [0.3, 0.4) is 0 Å². The summed E-state index contributed by atoms with van der Waals surface area (Å²) in [6.45, 7) is 2.09. The van der Waals surface area contributed by atoms with E-state index >= 15 is 0 Å². The van der Waals surface area contributed by atoms with Gasteiger partial charge in [0.2, 0.25) is 10.0 Å². The van der Waals surface area contributed by atoms with Crippen molar-refractivity contribution in [3.05, 3.63) is 0 Å². The van der Waals surface area contributed by atoms with Gasteiger partial charge in [0.25, 0.3) is 0 Å². The predicted molar refractivity (Wildman–Crippen MR) is 59.7 cm³/mol. The van der Waals surface area contributed by atoms with Gasteiger partial charge in [0.15, 0.2) is 0 Å². The maximum atomic E-state index is 11.6. The molecule has 0 aliphatic heterocycles. The molecule has 1 unspecified atom stereocenters. The normalized spacial score (nSPS) is 14.3. The second kappa shape index (κ2) is 5.59. The summed E-state index contributed by atoms with van der Waals surface area (Å²) in [7, 11) is -0.392. The van der Waals surface area contributed by atoms with Crippen molar-refractivity contribution in [1.82, 2.24) is 4.31 Å². The maximum Gasteiger partial charge on any atom is 0.220 e. The molecule has 7 heteroatoms. The molecule has 0 heterocycles. The first-order chi connectivity index (χ1) is 6.31. The Kier molecular flexibility index (Phi) is 5.50. The highest BCUT2D eigenvalue weighted by molar-refractivity contribution is 7.92. The molecule has 0 aromatic heterocycles. The highest BCUT2D eigenvalue weighted by atomic mass is 32.2. The van der Waals surface area contributed by atoms with Gasteiger partial charge in [-0.25, -0.2) is 8.42 Å². The Morgan fingerprint density at radius 3 is 2.50 bits per heavy atom. The lowest BCUT2D eigenvalue weighted by Gasteiger charge is -2.23. The molecule has 0 fully saturated rings. The van der Waals surface area contributed by atoms with E-state index in [1.807, 2.05) is 0 Å². The molecular weight excluding hydrogens is 224 g/mol. The molecular formula is C7H16N2O3S2. The Morgan fingerprint density at radius 1 is 1.64 bits per heavy atom. The summed E-state index contributed by atoms with van der Waals surface area (Å²) in [5.41, 5.74) is 5.18. The molecule has 0 radical (unpaired) electrons. The van der Waals surface area contributed by atoms with Crippen molar-refractivity contribution in [2.75, 3.05) is 26.5 Å². The number of methoxy groups -OCH3 is 1. The van der Waals surface area contributed by atoms with Gasteiger partial charge in [-0.15, -0.1) is 0 Å². The van der Waals surface area contributed by atoms with Gasteiger partial charge in [0, 0.05) is 20.2 Å². The number of thiocarbonyl (C=S) groups is 1. The van der Waals surface area contributed by atoms with Gasteiger partial charge in [0.05, 0.1) is 11.6 Å². The zero-order chi connectivity index (χ0) is 11.4. The number of rotatable bonds is 6. The molecule has 5 nitrogen and oxygen atoms in total. The Balaban J connectivity index is 4.50. The van der Waals surface area contributed by atoms with E-state index < -0.39 is 10.0 Å². The van der Waals surface area contributed by atoms with Gasteiger partial charge in [-0.05, 0) is 6.92 Å². The van der Waals surface area contributed by atoms with Crippen LogP contribution < -0.4 is 5.73 Å². The van der Waals surface area contributed by atoms with E-state index in [4.69, 9.17) is 10.5 Å². The summed E-state index contributed by atoms with van der Waals surface area (Å²) in [5, 5.41) is 0. The molecule has 0 spiro atoms. The fourth-order valence-corrected chi connectivity index (χ4v) is 2.52. The average molecular weight is 240 g/mol. The van der Waals surface area contributed by atoms with Gasteiger partial charge in [-0.3, -0.25) is 0 Å². The van der Waals surface area contributed by atoms with Crippen LogP contribution in [0.15, 0.2) is 0 Å². The molecule has 2 N–H and O–H groups in total. The lowest BCUT2D eigenvalue weighted by Crippen LogP contribution is -2.41. The number of nitrogens with zero attached hydrogens (tertiary/aromatic N) is 1. The molecule has 0 saturated carbocycles. The van der Waals surface area contributed by atoms with Crippen LogP contribution >= 0.6 is 12.2 Å². The first kappa shape index (κ1) is 13.8. The maximum absolute atomic E-state index is 11.6. The van der Waals surface area contributed by atoms with Crippen LogP contribution in [-0.4, -0.2) is 50.3 Å². The van der Waals surface area contributed by atoms with E-state index in [2.05, 4.69) is 12.2 Å². The van der Waals surface area contributed by atoms with Crippen molar-refractivity contribution in [2.45, 2.75) is 13.0 Å². The topological polar surface area (TPSA) is 72.6 Å². The fraction of sp³-hybridized carbons (Fsp3) is 0.857. The third kappa shape index (κ3) is 4.32. The molecule has 0 aliphatic rings. The quantitative estimate of drug-likeness (QED) is 0.638.